The molecular formula is C14H18N2O2. The molecule has 2 saturated heterocycles. The van der Waals surface area contributed by atoms with Crippen molar-refractivity contribution in [1.82, 2.24) is 10.2 Å². The molecule has 0 aliphatic carbocycles. The van der Waals surface area contributed by atoms with Gasteiger partial charge in [0.2, 0.25) is 5.91 Å². The van der Waals surface area contributed by atoms with Gasteiger partial charge in [0, 0.05) is 13.1 Å². The van der Waals surface area contributed by atoms with E-state index in [0.717, 1.165) is 19.5 Å². The largest absolute Gasteiger partial charge is 0.366 e. The number of amides is 1. The van der Waals surface area contributed by atoms with Gasteiger partial charge in [0.1, 0.15) is 6.61 Å². The van der Waals surface area contributed by atoms with E-state index in [4.69, 9.17) is 4.74 Å². The molecule has 2 atom stereocenters. The second-order valence-corrected chi connectivity index (χ2v) is 4.92. The number of carbonyl (C=O) groups is 1. The lowest BCUT2D eigenvalue weighted by Crippen LogP contribution is -2.60. The van der Waals surface area contributed by atoms with Gasteiger partial charge in [0.25, 0.3) is 0 Å². The van der Waals surface area contributed by atoms with E-state index in [0.29, 0.717) is 6.54 Å². The molecule has 3 rings (SSSR count). The van der Waals surface area contributed by atoms with Crippen molar-refractivity contribution in [1.29, 1.82) is 0 Å². The number of hydrogen-bond acceptors (Lipinski definition) is 3. The van der Waals surface area contributed by atoms with Gasteiger partial charge >= 0.3 is 0 Å². The summed E-state index contributed by atoms with van der Waals surface area (Å²) in [6, 6.07) is 10.3. The third-order valence-corrected chi connectivity index (χ3v) is 3.73. The fourth-order valence-electron chi connectivity index (χ4n) is 2.76. The van der Waals surface area contributed by atoms with E-state index in [1.54, 1.807) is 0 Å². The first kappa shape index (κ1) is 11.7. The Balaban J connectivity index is 1.77. The van der Waals surface area contributed by atoms with E-state index in [9.17, 15) is 4.79 Å². The molecule has 2 aliphatic rings. The lowest BCUT2D eigenvalue weighted by molar-refractivity contribution is -0.160. The summed E-state index contributed by atoms with van der Waals surface area (Å²) in [7, 11) is 0. The highest BCUT2D eigenvalue weighted by atomic mass is 16.5. The van der Waals surface area contributed by atoms with Crippen molar-refractivity contribution < 1.29 is 9.53 Å². The molecule has 4 heteroatoms. The number of nitrogens with zero attached hydrogens (tertiary/aromatic N) is 1. The van der Waals surface area contributed by atoms with Crippen molar-refractivity contribution in [3.8, 4) is 0 Å². The molecule has 2 fully saturated rings. The zero-order chi connectivity index (χ0) is 12.4. The van der Waals surface area contributed by atoms with Crippen LogP contribution in [-0.4, -0.2) is 42.6 Å². The maximum atomic E-state index is 12.0. The highest BCUT2D eigenvalue weighted by Crippen LogP contribution is 2.22. The van der Waals surface area contributed by atoms with Crippen molar-refractivity contribution in [2.75, 3.05) is 19.7 Å². The number of nitrogens with one attached hydrogen (secondary N) is 1. The van der Waals surface area contributed by atoms with Crippen molar-refractivity contribution in [3.05, 3.63) is 35.9 Å². The molecule has 0 saturated carbocycles. The summed E-state index contributed by atoms with van der Waals surface area (Å²) in [6.45, 7) is 2.73. The predicted molar refractivity (Wildman–Crippen MR) is 68.0 cm³/mol. The number of morpholine rings is 1. The minimum Gasteiger partial charge on any atom is -0.366 e. The topological polar surface area (TPSA) is 41.6 Å². The monoisotopic (exact) mass is 246 g/mol. The quantitative estimate of drug-likeness (QED) is 0.838. The summed E-state index contributed by atoms with van der Waals surface area (Å²) in [5.74, 6) is 0.101. The van der Waals surface area contributed by atoms with Gasteiger partial charge in [-0.1, -0.05) is 30.3 Å². The van der Waals surface area contributed by atoms with Crippen LogP contribution in [-0.2, 0) is 16.1 Å². The molecule has 0 spiro atoms. The van der Waals surface area contributed by atoms with Gasteiger partial charge in [-0.05, 0) is 18.5 Å². The van der Waals surface area contributed by atoms with E-state index in [-0.39, 0.29) is 24.7 Å². The Kier molecular flexibility index (Phi) is 3.30. The fraction of sp³-hybridized carbons (Fsp3) is 0.500. The van der Waals surface area contributed by atoms with Crippen LogP contribution in [0.3, 0.4) is 0 Å². The molecule has 96 valence electrons. The predicted octanol–water partition coefficient (Wildman–Crippen LogP) is 0.776. The van der Waals surface area contributed by atoms with Crippen LogP contribution in [0.4, 0.5) is 0 Å². The standard InChI is InChI=1S/C14H18N2O2/c17-14-10-18-13-6-7-15-8-12(13)16(14)9-11-4-2-1-3-5-11/h1-5,12-13,15H,6-10H2. The van der Waals surface area contributed by atoms with E-state index < -0.39 is 0 Å². The number of rotatable bonds is 2. The number of benzene rings is 1. The Labute approximate surface area is 107 Å². The van der Waals surface area contributed by atoms with Crippen molar-refractivity contribution >= 4 is 5.91 Å². The minimum absolute atomic E-state index is 0.101. The SMILES string of the molecule is O=C1COC2CCNCC2N1Cc1ccccc1. The number of hydrogen-bond donors (Lipinski definition) is 1. The van der Waals surface area contributed by atoms with Crippen LogP contribution in [0, 0.1) is 0 Å². The molecule has 1 aromatic carbocycles. The highest BCUT2D eigenvalue weighted by molar-refractivity contribution is 5.78. The normalized spacial score (nSPS) is 28.0. The van der Waals surface area contributed by atoms with Gasteiger partial charge in [-0.3, -0.25) is 4.79 Å². The highest BCUT2D eigenvalue weighted by Gasteiger charge is 2.37. The molecule has 1 aromatic rings. The van der Waals surface area contributed by atoms with Gasteiger partial charge < -0.3 is 15.0 Å². The summed E-state index contributed by atoms with van der Waals surface area (Å²) < 4.78 is 5.63. The molecular weight excluding hydrogens is 228 g/mol. The minimum atomic E-state index is 0.101. The van der Waals surface area contributed by atoms with E-state index in [1.807, 2.05) is 23.1 Å². The summed E-state index contributed by atoms with van der Waals surface area (Å²) in [4.78, 5) is 14.0. The van der Waals surface area contributed by atoms with Gasteiger partial charge in [-0.2, -0.15) is 0 Å². The van der Waals surface area contributed by atoms with Crippen molar-refractivity contribution in [2.45, 2.75) is 25.1 Å². The number of ether oxygens (including phenoxy) is 1. The summed E-state index contributed by atoms with van der Waals surface area (Å²) >= 11 is 0. The lowest BCUT2D eigenvalue weighted by Gasteiger charge is -2.43. The molecule has 2 heterocycles. The number of carbonyl (C=O) groups excluding carboxylic acids is 1. The third kappa shape index (κ3) is 2.26. The average molecular weight is 246 g/mol. The van der Waals surface area contributed by atoms with E-state index >= 15 is 0 Å². The Morgan fingerprint density at radius 1 is 1.33 bits per heavy atom. The van der Waals surface area contributed by atoms with Gasteiger partial charge in [0.05, 0.1) is 12.1 Å². The summed E-state index contributed by atoms with van der Waals surface area (Å²) in [6.07, 6.45) is 1.19. The Bertz CT molecular complexity index is 421. The number of fused-ring (bicyclic) bond motifs is 1. The first-order valence-electron chi connectivity index (χ1n) is 6.50. The fourth-order valence-corrected chi connectivity index (χ4v) is 2.76. The van der Waals surface area contributed by atoms with E-state index in [1.165, 1.54) is 5.56 Å². The zero-order valence-electron chi connectivity index (χ0n) is 10.3. The molecule has 1 amide bonds. The van der Waals surface area contributed by atoms with Gasteiger partial charge in [0.15, 0.2) is 0 Å². The molecule has 0 radical (unpaired) electrons. The molecule has 2 aliphatic heterocycles. The first-order valence-corrected chi connectivity index (χ1v) is 6.50. The molecule has 1 N–H and O–H groups in total. The lowest BCUT2D eigenvalue weighted by atomic mass is 9.99. The van der Waals surface area contributed by atoms with Crippen LogP contribution in [0.5, 0.6) is 0 Å². The van der Waals surface area contributed by atoms with Crippen LogP contribution >= 0.6 is 0 Å². The van der Waals surface area contributed by atoms with Gasteiger partial charge in [-0.15, -0.1) is 0 Å². The molecule has 0 aromatic heterocycles. The molecule has 18 heavy (non-hydrogen) atoms. The smallest absolute Gasteiger partial charge is 0.249 e. The summed E-state index contributed by atoms with van der Waals surface area (Å²) in [5, 5.41) is 3.35. The zero-order valence-corrected chi connectivity index (χ0v) is 10.3. The Hall–Kier alpha value is -1.39. The van der Waals surface area contributed by atoms with Crippen molar-refractivity contribution in [2.24, 2.45) is 0 Å². The third-order valence-electron chi connectivity index (χ3n) is 3.73. The number of piperidine rings is 1. The van der Waals surface area contributed by atoms with E-state index in [2.05, 4.69) is 17.4 Å². The van der Waals surface area contributed by atoms with Crippen LogP contribution in [0.1, 0.15) is 12.0 Å². The van der Waals surface area contributed by atoms with Crippen LogP contribution in [0.2, 0.25) is 0 Å². The maximum Gasteiger partial charge on any atom is 0.249 e. The average Bonchev–Trinajstić information content (AvgIpc) is 2.43. The maximum absolute atomic E-state index is 12.0. The Morgan fingerprint density at radius 3 is 3.00 bits per heavy atom. The second kappa shape index (κ2) is 5.08. The van der Waals surface area contributed by atoms with Crippen molar-refractivity contribution in [3.63, 3.8) is 0 Å². The second-order valence-electron chi connectivity index (χ2n) is 4.92. The van der Waals surface area contributed by atoms with Crippen LogP contribution in [0.25, 0.3) is 0 Å². The molecule has 4 nitrogen and oxygen atoms in total. The molecule has 2 unspecified atom stereocenters. The van der Waals surface area contributed by atoms with Gasteiger partial charge in [-0.25, -0.2) is 0 Å². The molecule has 0 bridgehead atoms. The summed E-state index contributed by atoms with van der Waals surface area (Å²) in [5.41, 5.74) is 1.18. The van der Waals surface area contributed by atoms with Crippen LogP contribution in [0.15, 0.2) is 30.3 Å². The first-order chi connectivity index (χ1) is 8.84. The van der Waals surface area contributed by atoms with Crippen LogP contribution < -0.4 is 5.32 Å². The Morgan fingerprint density at radius 2 is 2.17 bits per heavy atom.